The monoisotopic (exact) mass is 486 g/mol. The van der Waals surface area contributed by atoms with Crippen LogP contribution < -0.4 is 10.6 Å². The number of aliphatic imine (C=N–C) groups is 1. The molecule has 1 atom stereocenters. The third-order valence-corrected chi connectivity index (χ3v) is 5.21. The summed E-state index contributed by atoms with van der Waals surface area (Å²) in [4.78, 5) is 17.9. The third kappa shape index (κ3) is 8.07. The normalized spacial score (nSPS) is 21.0. The lowest BCUT2D eigenvalue weighted by molar-refractivity contribution is -0.127. The average Bonchev–Trinajstić information content (AvgIpc) is 2.66. The van der Waals surface area contributed by atoms with E-state index in [4.69, 9.17) is 0 Å². The number of amides is 1. The van der Waals surface area contributed by atoms with Crippen molar-refractivity contribution in [2.75, 3.05) is 20.6 Å². The molecule has 0 aliphatic heterocycles. The van der Waals surface area contributed by atoms with Crippen molar-refractivity contribution in [2.45, 2.75) is 64.0 Å². The van der Waals surface area contributed by atoms with E-state index in [0.717, 1.165) is 25.2 Å². The largest absolute Gasteiger partial charge is 0.354 e. The van der Waals surface area contributed by atoms with Crippen LogP contribution in [0, 0.1) is 0 Å². The van der Waals surface area contributed by atoms with Crippen molar-refractivity contribution < 1.29 is 4.79 Å². The summed E-state index contributed by atoms with van der Waals surface area (Å²) in [7, 11) is 3.52. The summed E-state index contributed by atoms with van der Waals surface area (Å²) in [6.45, 7) is 4.46. The minimum atomic E-state index is 0. The molecular weight excluding hydrogens is 451 g/mol. The summed E-state index contributed by atoms with van der Waals surface area (Å²) in [5.41, 5.74) is 1.45. The lowest BCUT2D eigenvalue weighted by Gasteiger charge is -2.31. The van der Waals surface area contributed by atoms with E-state index in [1.807, 2.05) is 0 Å². The topological polar surface area (TPSA) is 56.7 Å². The molecule has 1 aliphatic carbocycles. The first-order chi connectivity index (χ1) is 12.5. The van der Waals surface area contributed by atoms with E-state index in [1.54, 1.807) is 19.0 Å². The van der Waals surface area contributed by atoms with Crippen LogP contribution in [0.5, 0.6) is 0 Å². The van der Waals surface area contributed by atoms with E-state index in [2.05, 4.69) is 59.8 Å². The quantitative estimate of drug-likeness (QED) is 0.366. The second-order valence-electron chi connectivity index (χ2n) is 7.51. The zero-order valence-corrected chi connectivity index (χ0v) is 19.4. The van der Waals surface area contributed by atoms with Crippen LogP contribution in [-0.4, -0.2) is 49.5 Å². The molecule has 1 unspecified atom stereocenters. The Morgan fingerprint density at radius 3 is 2.37 bits per heavy atom. The highest BCUT2D eigenvalue weighted by Crippen LogP contribution is 2.32. The number of hydrogen-bond donors (Lipinski definition) is 2. The fourth-order valence-corrected chi connectivity index (χ4v) is 3.25. The molecule has 27 heavy (non-hydrogen) atoms. The second kappa shape index (κ2) is 12.2. The molecule has 1 saturated carbocycles. The molecule has 1 fully saturated rings. The standard InChI is InChI=1S/C21H34N4O.HI/c1-5-16(2)23-21(22-15-20(26)25(3)4)24-19-13-11-18(12-14-19)17-9-7-6-8-10-17;/h6-10,16,18-19H,5,11-15H2,1-4H3,(H2,22,23,24);1H. The Labute approximate surface area is 181 Å². The first kappa shape index (κ1) is 23.7. The number of rotatable bonds is 6. The van der Waals surface area contributed by atoms with Gasteiger partial charge in [0.05, 0.1) is 0 Å². The first-order valence-electron chi connectivity index (χ1n) is 9.82. The van der Waals surface area contributed by atoms with Gasteiger partial charge in [-0.25, -0.2) is 4.99 Å². The average molecular weight is 486 g/mol. The van der Waals surface area contributed by atoms with Crippen molar-refractivity contribution in [3.8, 4) is 0 Å². The Morgan fingerprint density at radius 2 is 1.81 bits per heavy atom. The molecule has 0 radical (unpaired) electrons. The van der Waals surface area contributed by atoms with Crippen LogP contribution >= 0.6 is 24.0 Å². The van der Waals surface area contributed by atoms with Gasteiger partial charge in [-0.15, -0.1) is 24.0 Å². The van der Waals surface area contributed by atoms with Crippen molar-refractivity contribution in [3.05, 3.63) is 35.9 Å². The molecule has 0 bridgehead atoms. The molecule has 0 heterocycles. The maximum Gasteiger partial charge on any atom is 0.243 e. The highest BCUT2D eigenvalue weighted by atomic mass is 127. The predicted octanol–water partition coefficient (Wildman–Crippen LogP) is 3.75. The van der Waals surface area contributed by atoms with Gasteiger partial charge in [-0.3, -0.25) is 4.79 Å². The van der Waals surface area contributed by atoms with E-state index in [1.165, 1.54) is 18.4 Å². The van der Waals surface area contributed by atoms with E-state index in [9.17, 15) is 4.79 Å². The molecular formula is C21H35IN4O. The van der Waals surface area contributed by atoms with E-state index < -0.39 is 0 Å². The molecule has 1 aliphatic rings. The Morgan fingerprint density at radius 1 is 1.19 bits per heavy atom. The Hall–Kier alpha value is -1.31. The van der Waals surface area contributed by atoms with Crippen LogP contribution in [0.3, 0.4) is 0 Å². The highest BCUT2D eigenvalue weighted by Gasteiger charge is 2.23. The van der Waals surface area contributed by atoms with Gasteiger partial charge >= 0.3 is 0 Å². The summed E-state index contributed by atoms with van der Waals surface area (Å²) in [5.74, 6) is 1.44. The third-order valence-electron chi connectivity index (χ3n) is 5.21. The van der Waals surface area contributed by atoms with Crippen molar-refractivity contribution in [3.63, 3.8) is 0 Å². The minimum absolute atomic E-state index is 0. The fraction of sp³-hybridized carbons (Fsp3) is 0.619. The van der Waals surface area contributed by atoms with Gasteiger partial charge in [-0.1, -0.05) is 37.3 Å². The van der Waals surface area contributed by atoms with E-state index in [0.29, 0.717) is 18.0 Å². The van der Waals surface area contributed by atoms with Crippen LogP contribution in [0.4, 0.5) is 0 Å². The number of guanidine groups is 1. The van der Waals surface area contributed by atoms with Gasteiger partial charge in [0.15, 0.2) is 5.96 Å². The Balaban J connectivity index is 0.00000364. The van der Waals surface area contributed by atoms with Gasteiger partial charge in [0.2, 0.25) is 5.91 Å². The summed E-state index contributed by atoms with van der Waals surface area (Å²) in [6.07, 6.45) is 5.65. The van der Waals surface area contributed by atoms with Crippen LogP contribution in [0.1, 0.15) is 57.4 Å². The molecule has 1 amide bonds. The summed E-state index contributed by atoms with van der Waals surface area (Å²) in [6, 6.07) is 11.6. The van der Waals surface area contributed by atoms with Crippen LogP contribution in [0.15, 0.2) is 35.3 Å². The molecule has 152 valence electrons. The molecule has 2 rings (SSSR count). The van der Waals surface area contributed by atoms with Crippen LogP contribution in [0.25, 0.3) is 0 Å². The molecule has 1 aromatic carbocycles. The van der Waals surface area contributed by atoms with Gasteiger partial charge in [-0.05, 0) is 50.5 Å². The van der Waals surface area contributed by atoms with Crippen molar-refractivity contribution in [1.82, 2.24) is 15.5 Å². The zero-order valence-electron chi connectivity index (χ0n) is 17.1. The molecule has 2 N–H and O–H groups in total. The van der Waals surface area contributed by atoms with Crippen molar-refractivity contribution in [1.29, 1.82) is 0 Å². The molecule has 6 heteroatoms. The minimum Gasteiger partial charge on any atom is -0.354 e. The summed E-state index contributed by atoms with van der Waals surface area (Å²) < 4.78 is 0. The van der Waals surface area contributed by atoms with Gasteiger partial charge in [-0.2, -0.15) is 0 Å². The van der Waals surface area contributed by atoms with Crippen LogP contribution in [-0.2, 0) is 4.79 Å². The summed E-state index contributed by atoms with van der Waals surface area (Å²) >= 11 is 0. The zero-order chi connectivity index (χ0) is 18.9. The maximum absolute atomic E-state index is 11.9. The van der Waals surface area contributed by atoms with Gasteiger partial charge < -0.3 is 15.5 Å². The number of carbonyl (C=O) groups is 1. The molecule has 5 nitrogen and oxygen atoms in total. The van der Waals surface area contributed by atoms with E-state index >= 15 is 0 Å². The number of benzene rings is 1. The lowest BCUT2D eigenvalue weighted by atomic mass is 9.82. The molecule has 1 aromatic rings. The smallest absolute Gasteiger partial charge is 0.243 e. The highest BCUT2D eigenvalue weighted by molar-refractivity contribution is 14.0. The second-order valence-corrected chi connectivity index (χ2v) is 7.51. The number of hydrogen-bond acceptors (Lipinski definition) is 2. The Kier molecular flexibility index (Phi) is 10.7. The Bertz CT molecular complexity index is 583. The number of likely N-dealkylation sites (N-methyl/N-ethyl adjacent to an activating group) is 1. The van der Waals surface area contributed by atoms with Gasteiger partial charge in [0.1, 0.15) is 6.54 Å². The SMILES string of the molecule is CCC(C)NC(=NCC(=O)N(C)C)NC1CCC(c2ccccc2)CC1.I. The number of nitrogens with zero attached hydrogens (tertiary/aromatic N) is 2. The molecule has 0 aromatic heterocycles. The molecule has 0 saturated heterocycles. The van der Waals surface area contributed by atoms with Crippen molar-refractivity contribution in [2.24, 2.45) is 4.99 Å². The number of carbonyl (C=O) groups excluding carboxylic acids is 1. The number of halogens is 1. The number of nitrogens with one attached hydrogen (secondary N) is 2. The lowest BCUT2D eigenvalue weighted by Crippen LogP contribution is -2.48. The van der Waals surface area contributed by atoms with Gasteiger partial charge in [0, 0.05) is 26.2 Å². The summed E-state index contributed by atoms with van der Waals surface area (Å²) in [5, 5.41) is 6.97. The fourth-order valence-electron chi connectivity index (χ4n) is 3.25. The van der Waals surface area contributed by atoms with Crippen molar-refractivity contribution >= 4 is 35.8 Å². The maximum atomic E-state index is 11.9. The first-order valence-corrected chi connectivity index (χ1v) is 9.82. The van der Waals surface area contributed by atoms with Crippen LogP contribution in [0.2, 0.25) is 0 Å². The van der Waals surface area contributed by atoms with E-state index in [-0.39, 0.29) is 36.4 Å². The molecule has 0 spiro atoms. The predicted molar refractivity (Wildman–Crippen MR) is 124 cm³/mol. The van der Waals surface area contributed by atoms with Gasteiger partial charge in [0.25, 0.3) is 0 Å².